The van der Waals surface area contributed by atoms with Crippen LogP contribution in [0.3, 0.4) is 0 Å². The number of aryl methyl sites for hydroxylation is 1. The summed E-state index contributed by atoms with van der Waals surface area (Å²) in [5, 5.41) is 6.63. The van der Waals surface area contributed by atoms with E-state index in [-0.39, 0.29) is 5.91 Å². The Hall–Kier alpha value is -1.36. The van der Waals surface area contributed by atoms with E-state index in [0.29, 0.717) is 12.5 Å². The summed E-state index contributed by atoms with van der Waals surface area (Å²) in [6.07, 6.45) is 9.80. The Labute approximate surface area is 114 Å². The molecular formula is C14H23N3O2. The summed E-state index contributed by atoms with van der Waals surface area (Å²) >= 11 is 0. The fraction of sp³-hybridized carbons (Fsp3) is 0.714. The molecule has 0 aromatic carbocycles. The van der Waals surface area contributed by atoms with Crippen LogP contribution >= 0.6 is 0 Å². The van der Waals surface area contributed by atoms with Crippen LogP contribution in [0.2, 0.25) is 0 Å². The maximum Gasteiger partial charge on any atom is 0.222 e. The van der Waals surface area contributed by atoms with Crippen molar-refractivity contribution in [2.45, 2.75) is 44.6 Å². The number of nitrogens with one attached hydrogen (secondary N) is 1. The number of H-pyrrole nitrogens is 1. The lowest BCUT2D eigenvalue weighted by Crippen LogP contribution is -2.28. The van der Waals surface area contributed by atoms with Gasteiger partial charge in [-0.3, -0.25) is 9.89 Å². The van der Waals surface area contributed by atoms with E-state index in [2.05, 4.69) is 10.2 Å². The zero-order chi connectivity index (χ0) is 13.5. The summed E-state index contributed by atoms with van der Waals surface area (Å²) in [6.45, 7) is 1.73. The van der Waals surface area contributed by atoms with E-state index in [0.717, 1.165) is 38.0 Å². The molecule has 5 nitrogen and oxygen atoms in total. The van der Waals surface area contributed by atoms with Crippen LogP contribution in [0, 0.1) is 0 Å². The molecule has 1 saturated heterocycles. The van der Waals surface area contributed by atoms with Gasteiger partial charge in [-0.2, -0.15) is 5.10 Å². The minimum Gasteiger partial charge on any atom is -0.378 e. The second-order valence-electron chi connectivity index (χ2n) is 5.20. The molecule has 1 fully saturated rings. The van der Waals surface area contributed by atoms with Gasteiger partial charge in [0.25, 0.3) is 0 Å². The fourth-order valence-corrected chi connectivity index (χ4v) is 2.41. The number of hydrogen-bond acceptors (Lipinski definition) is 3. The van der Waals surface area contributed by atoms with Crippen molar-refractivity contribution in [1.82, 2.24) is 15.1 Å². The fourth-order valence-electron chi connectivity index (χ4n) is 2.41. The number of carbonyl (C=O) groups excluding carboxylic acids is 1. The normalized spacial score (nSPS) is 18.7. The predicted octanol–water partition coefficient (Wildman–Crippen LogP) is 1.76. The van der Waals surface area contributed by atoms with E-state index in [4.69, 9.17) is 4.74 Å². The van der Waals surface area contributed by atoms with Gasteiger partial charge in [-0.1, -0.05) is 0 Å². The van der Waals surface area contributed by atoms with E-state index in [1.54, 1.807) is 6.20 Å². The van der Waals surface area contributed by atoms with Crippen LogP contribution in [0.1, 0.15) is 37.7 Å². The second-order valence-corrected chi connectivity index (χ2v) is 5.20. The van der Waals surface area contributed by atoms with Crippen molar-refractivity contribution < 1.29 is 9.53 Å². The minimum absolute atomic E-state index is 0.202. The van der Waals surface area contributed by atoms with Crippen LogP contribution in [-0.4, -0.2) is 47.3 Å². The third-order valence-electron chi connectivity index (χ3n) is 3.65. The van der Waals surface area contributed by atoms with Crippen molar-refractivity contribution in [2.24, 2.45) is 0 Å². The van der Waals surface area contributed by atoms with Gasteiger partial charge in [0, 0.05) is 32.8 Å². The van der Waals surface area contributed by atoms with Crippen molar-refractivity contribution in [3.63, 3.8) is 0 Å². The van der Waals surface area contributed by atoms with Gasteiger partial charge >= 0.3 is 0 Å². The molecule has 0 spiro atoms. The molecule has 19 heavy (non-hydrogen) atoms. The maximum absolute atomic E-state index is 11.9. The highest BCUT2D eigenvalue weighted by Gasteiger charge is 2.16. The van der Waals surface area contributed by atoms with Gasteiger partial charge in [-0.05, 0) is 37.7 Å². The lowest BCUT2D eigenvalue weighted by atomic mass is 10.1. The van der Waals surface area contributed by atoms with E-state index in [9.17, 15) is 4.79 Å². The average Bonchev–Trinajstić information content (AvgIpc) is 3.08. The van der Waals surface area contributed by atoms with Crippen LogP contribution < -0.4 is 0 Å². The molecule has 0 radical (unpaired) electrons. The van der Waals surface area contributed by atoms with E-state index in [1.165, 1.54) is 12.8 Å². The van der Waals surface area contributed by atoms with Crippen LogP contribution in [-0.2, 0) is 16.0 Å². The van der Waals surface area contributed by atoms with E-state index >= 15 is 0 Å². The van der Waals surface area contributed by atoms with Gasteiger partial charge in [-0.25, -0.2) is 0 Å². The lowest BCUT2D eigenvalue weighted by Gasteiger charge is -2.18. The molecule has 1 amide bonds. The van der Waals surface area contributed by atoms with Crippen molar-refractivity contribution in [2.75, 3.05) is 20.2 Å². The summed E-state index contributed by atoms with van der Waals surface area (Å²) in [6, 6.07) is 0. The molecule has 0 aliphatic carbocycles. The third-order valence-corrected chi connectivity index (χ3v) is 3.65. The molecule has 1 aliphatic heterocycles. The Morgan fingerprint density at radius 3 is 3.21 bits per heavy atom. The first-order valence-corrected chi connectivity index (χ1v) is 7.09. The van der Waals surface area contributed by atoms with Crippen molar-refractivity contribution in [1.29, 1.82) is 0 Å². The number of aromatic amines is 1. The van der Waals surface area contributed by atoms with Gasteiger partial charge in [0.1, 0.15) is 0 Å². The van der Waals surface area contributed by atoms with E-state index in [1.807, 2.05) is 18.1 Å². The number of rotatable bonds is 7. The molecule has 2 rings (SSSR count). The van der Waals surface area contributed by atoms with Gasteiger partial charge in [0.15, 0.2) is 0 Å². The summed E-state index contributed by atoms with van der Waals surface area (Å²) < 4.78 is 5.58. The molecule has 0 saturated carbocycles. The first-order valence-electron chi connectivity index (χ1n) is 7.09. The SMILES string of the molecule is CN(CCCC1CCCO1)C(=O)CCc1cn[nH]c1. The Morgan fingerprint density at radius 1 is 1.63 bits per heavy atom. The number of aromatic nitrogens is 2. The predicted molar refractivity (Wildman–Crippen MR) is 72.8 cm³/mol. The number of nitrogens with zero attached hydrogens (tertiary/aromatic N) is 2. The molecule has 1 aromatic heterocycles. The lowest BCUT2D eigenvalue weighted by molar-refractivity contribution is -0.130. The molecule has 1 atom stereocenters. The zero-order valence-corrected chi connectivity index (χ0v) is 11.6. The van der Waals surface area contributed by atoms with Gasteiger partial charge < -0.3 is 9.64 Å². The zero-order valence-electron chi connectivity index (χ0n) is 11.6. The number of ether oxygens (including phenoxy) is 1. The van der Waals surface area contributed by atoms with Crippen LogP contribution in [0.15, 0.2) is 12.4 Å². The summed E-state index contributed by atoms with van der Waals surface area (Å²) in [4.78, 5) is 13.8. The Morgan fingerprint density at radius 2 is 2.53 bits per heavy atom. The molecule has 1 N–H and O–H groups in total. The van der Waals surface area contributed by atoms with Crippen molar-refractivity contribution in [3.05, 3.63) is 18.0 Å². The highest BCUT2D eigenvalue weighted by molar-refractivity contribution is 5.76. The van der Waals surface area contributed by atoms with Crippen LogP contribution in [0.25, 0.3) is 0 Å². The second kappa shape index (κ2) is 7.28. The number of carbonyl (C=O) groups is 1. The summed E-state index contributed by atoms with van der Waals surface area (Å²) in [5.41, 5.74) is 1.08. The first-order chi connectivity index (χ1) is 9.25. The molecule has 106 valence electrons. The first kappa shape index (κ1) is 14.1. The Bertz CT molecular complexity index is 372. The molecular weight excluding hydrogens is 242 g/mol. The van der Waals surface area contributed by atoms with Crippen molar-refractivity contribution >= 4 is 5.91 Å². The van der Waals surface area contributed by atoms with Gasteiger partial charge in [0.05, 0.1) is 12.3 Å². The smallest absolute Gasteiger partial charge is 0.222 e. The van der Waals surface area contributed by atoms with Crippen LogP contribution in [0.4, 0.5) is 0 Å². The molecule has 1 unspecified atom stereocenters. The molecule has 5 heteroatoms. The van der Waals surface area contributed by atoms with E-state index < -0.39 is 0 Å². The minimum atomic E-state index is 0.202. The summed E-state index contributed by atoms with van der Waals surface area (Å²) in [5.74, 6) is 0.202. The third kappa shape index (κ3) is 4.67. The van der Waals surface area contributed by atoms with Crippen LogP contribution in [0.5, 0.6) is 0 Å². The molecule has 0 bridgehead atoms. The molecule has 2 heterocycles. The standard InChI is InChI=1S/C14H23N3O2/c1-17(8-2-4-13-5-3-9-19-13)14(18)7-6-12-10-15-16-11-12/h10-11,13H,2-9H2,1H3,(H,15,16). The monoisotopic (exact) mass is 265 g/mol. The molecule has 1 aliphatic rings. The van der Waals surface area contributed by atoms with Gasteiger partial charge in [-0.15, -0.1) is 0 Å². The van der Waals surface area contributed by atoms with Gasteiger partial charge in [0.2, 0.25) is 5.91 Å². The topological polar surface area (TPSA) is 58.2 Å². The highest BCUT2D eigenvalue weighted by atomic mass is 16.5. The highest BCUT2D eigenvalue weighted by Crippen LogP contribution is 2.16. The Balaban J connectivity index is 1.59. The molecule has 1 aromatic rings. The maximum atomic E-state index is 11.9. The number of amides is 1. The number of hydrogen-bond donors (Lipinski definition) is 1. The Kier molecular flexibility index (Phi) is 5.39. The van der Waals surface area contributed by atoms with Crippen molar-refractivity contribution in [3.8, 4) is 0 Å². The average molecular weight is 265 g/mol. The summed E-state index contributed by atoms with van der Waals surface area (Å²) in [7, 11) is 1.88. The quantitative estimate of drug-likeness (QED) is 0.817. The largest absolute Gasteiger partial charge is 0.378 e.